The second-order valence-electron chi connectivity index (χ2n) is 6.22. The van der Waals surface area contributed by atoms with Gasteiger partial charge in [0.1, 0.15) is 5.75 Å². The standard InChI is InChI=1S/C21H24ClNO4/c22-18-4-1-3-17(15-18)12-13-23-20(24)11-8-16-6-9-19(10-7-16)27-14-2-5-21(25)26/h1,3-4,6-7,9-10,15H,2,5,8,11-14H2,(H,23,24)(H,25,26). The van der Waals surface area contributed by atoms with E-state index >= 15 is 0 Å². The van der Waals surface area contributed by atoms with Gasteiger partial charge >= 0.3 is 5.97 Å². The fourth-order valence-electron chi connectivity index (χ4n) is 2.55. The Kier molecular flexibility index (Phi) is 8.65. The van der Waals surface area contributed by atoms with Gasteiger partial charge in [0.05, 0.1) is 6.61 Å². The molecule has 0 saturated carbocycles. The second kappa shape index (κ2) is 11.2. The molecule has 0 aliphatic carbocycles. The van der Waals surface area contributed by atoms with Crippen molar-refractivity contribution in [1.29, 1.82) is 0 Å². The van der Waals surface area contributed by atoms with Crippen LogP contribution in [0.4, 0.5) is 0 Å². The molecule has 0 spiro atoms. The topological polar surface area (TPSA) is 75.6 Å². The molecule has 0 unspecified atom stereocenters. The number of hydrogen-bond acceptors (Lipinski definition) is 3. The van der Waals surface area contributed by atoms with Crippen molar-refractivity contribution < 1.29 is 19.4 Å². The van der Waals surface area contributed by atoms with E-state index < -0.39 is 5.97 Å². The van der Waals surface area contributed by atoms with Gasteiger partial charge in [-0.15, -0.1) is 0 Å². The maximum Gasteiger partial charge on any atom is 0.303 e. The SMILES string of the molecule is O=C(O)CCCOc1ccc(CCC(=O)NCCc2cccc(Cl)c2)cc1. The molecule has 0 aliphatic heterocycles. The van der Waals surface area contributed by atoms with Gasteiger partial charge in [-0.1, -0.05) is 35.9 Å². The zero-order valence-electron chi connectivity index (χ0n) is 15.1. The van der Waals surface area contributed by atoms with Gasteiger partial charge in [-0.2, -0.15) is 0 Å². The van der Waals surface area contributed by atoms with Crippen LogP contribution >= 0.6 is 11.6 Å². The van der Waals surface area contributed by atoms with Gasteiger partial charge in [0.2, 0.25) is 5.91 Å². The summed E-state index contributed by atoms with van der Waals surface area (Å²) >= 11 is 5.94. The first kappa shape index (κ1) is 20.8. The molecule has 0 atom stereocenters. The minimum absolute atomic E-state index is 0.0195. The van der Waals surface area contributed by atoms with Crippen molar-refractivity contribution in [3.63, 3.8) is 0 Å². The smallest absolute Gasteiger partial charge is 0.303 e. The number of aryl methyl sites for hydroxylation is 1. The molecular formula is C21H24ClNO4. The molecule has 6 heteroatoms. The van der Waals surface area contributed by atoms with Crippen LogP contribution in [0.2, 0.25) is 5.02 Å². The minimum Gasteiger partial charge on any atom is -0.494 e. The molecule has 2 N–H and O–H groups in total. The average molecular weight is 390 g/mol. The summed E-state index contributed by atoms with van der Waals surface area (Å²) in [6, 6.07) is 15.1. The van der Waals surface area contributed by atoms with Crippen molar-refractivity contribution in [2.45, 2.75) is 32.1 Å². The maximum atomic E-state index is 12.0. The number of nitrogens with one attached hydrogen (secondary N) is 1. The zero-order chi connectivity index (χ0) is 19.5. The molecule has 2 aromatic carbocycles. The van der Waals surface area contributed by atoms with Crippen molar-refractivity contribution in [2.24, 2.45) is 0 Å². The predicted octanol–water partition coefficient (Wildman–Crippen LogP) is 3.88. The molecular weight excluding hydrogens is 366 g/mol. The third-order valence-electron chi connectivity index (χ3n) is 3.99. The Bertz CT molecular complexity index is 746. The Morgan fingerprint density at radius 3 is 2.48 bits per heavy atom. The molecule has 2 rings (SSSR count). The third-order valence-corrected chi connectivity index (χ3v) is 4.23. The van der Waals surface area contributed by atoms with Gasteiger partial charge in [-0.05, 0) is 54.7 Å². The number of rotatable bonds is 11. The van der Waals surface area contributed by atoms with Gasteiger partial charge in [-0.3, -0.25) is 9.59 Å². The van der Waals surface area contributed by atoms with E-state index in [1.807, 2.05) is 48.5 Å². The molecule has 2 aromatic rings. The summed E-state index contributed by atoms with van der Waals surface area (Å²) in [7, 11) is 0. The Hall–Kier alpha value is -2.53. The molecule has 0 saturated heterocycles. The van der Waals surface area contributed by atoms with E-state index in [4.69, 9.17) is 21.4 Å². The number of amides is 1. The maximum absolute atomic E-state index is 12.0. The summed E-state index contributed by atoms with van der Waals surface area (Å²) in [5, 5.41) is 12.2. The molecule has 1 amide bonds. The second-order valence-corrected chi connectivity index (χ2v) is 6.66. The quantitative estimate of drug-likeness (QED) is 0.572. The number of halogens is 1. The van der Waals surface area contributed by atoms with E-state index in [2.05, 4.69) is 5.32 Å². The Morgan fingerprint density at radius 1 is 1.00 bits per heavy atom. The van der Waals surface area contributed by atoms with Crippen LogP contribution in [0.5, 0.6) is 5.75 Å². The first-order valence-corrected chi connectivity index (χ1v) is 9.35. The fourth-order valence-corrected chi connectivity index (χ4v) is 2.76. The summed E-state index contributed by atoms with van der Waals surface area (Å²) in [5.74, 6) is -0.0964. The molecule has 0 bridgehead atoms. The van der Waals surface area contributed by atoms with E-state index in [1.54, 1.807) is 0 Å². The summed E-state index contributed by atoms with van der Waals surface area (Å²) < 4.78 is 5.49. The first-order chi connectivity index (χ1) is 13.0. The van der Waals surface area contributed by atoms with Gasteiger partial charge in [-0.25, -0.2) is 0 Å². The van der Waals surface area contributed by atoms with E-state index in [9.17, 15) is 9.59 Å². The Balaban J connectivity index is 1.63. The number of carboxylic acid groups (broad SMARTS) is 1. The Morgan fingerprint density at radius 2 is 1.78 bits per heavy atom. The van der Waals surface area contributed by atoms with Crippen LogP contribution in [0.1, 0.15) is 30.4 Å². The van der Waals surface area contributed by atoms with Crippen molar-refractivity contribution in [3.05, 3.63) is 64.7 Å². The molecule has 0 aliphatic rings. The van der Waals surface area contributed by atoms with Gasteiger partial charge in [0.25, 0.3) is 0 Å². The number of hydrogen-bond donors (Lipinski definition) is 2. The molecule has 27 heavy (non-hydrogen) atoms. The number of carbonyl (C=O) groups is 2. The highest BCUT2D eigenvalue weighted by molar-refractivity contribution is 6.30. The van der Waals surface area contributed by atoms with Crippen LogP contribution in [0.3, 0.4) is 0 Å². The lowest BCUT2D eigenvalue weighted by Gasteiger charge is -2.08. The number of aliphatic carboxylic acids is 1. The number of benzene rings is 2. The monoisotopic (exact) mass is 389 g/mol. The highest BCUT2D eigenvalue weighted by atomic mass is 35.5. The van der Waals surface area contributed by atoms with Crippen molar-refractivity contribution in [3.8, 4) is 5.75 Å². The van der Waals surface area contributed by atoms with E-state index in [-0.39, 0.29) is 12.3 Å². The summed E-state index contributed by atoms with van der Waals surface area (Å²) in [6.45, 7) is 0.961. The highest BCUT2D eigenvalue weighted by Crippen LogP contribution is 2.14. The summed E-state index contributed by atoms with van der Waals surface area (Å²) in [4.78, 5) is 22.4. The minimum atomic E-state index is -0.820. The Labute approximate surface area is 164 Å². The summed E-state index contributed by atoms with van der Waals surface area (Å²) in [5.41, 5.74) is 2.15. The zero-order valence-corrected chi connectivity index (χ0v) is 15.9. The van der Waals surface area contributed by atoms with Gasteiger partial charge < -0.3 is 15.2 Å². The lowest BCUT2D eigenvalue weighted by molar-refractivity contribution is -0.137. The van der Waals surface area contributed by atoms with Crippen LogP contribution in [0, 0.1) is 0 Å². The van der Waals surface area contributed by atoms with E-state index in [1.165, 1.54) is 0 Å². The van der Waals surface area contributed by atoms with Gasteiger partial charge in [0.15, 0.2) is 0 Å². The summed E-state index contributed by atoms with van der Waals surface area (Å²) in [6.07, 6.45) is 2.41. The van der Waals surface area contributed by atoms with Crippen molar-refractivity contribution >= 4 is 23.5 Å². The number of ether oxygens (including phenoxy) is 1. The largest absolute Gasteiger partial charge is 0.494 e. The average Bonchev–Trinajstić information content (AvgIpc) is 2.64. The number of carboxylic acids is 1. The van der Waals surface area contributed by atoms with E-state index in [0.29, 0.717) is 43.2 Å². The van der Waals surface area contributed by atoms with Crippen LogP contribution in [0.25, 0.3) is 0 Å². The molecule has 5 nitrogen and oxygen atoms in total. The highest BCUT2D eigenvalue weighted by Gasteiger charge is 2.04. The predicted molar refractivity (Wildman–Crippen MR) is 105 cm³/mol. The molecule has 144 valence electrons. The lowest BCUT2D eigenvalue weighted by Crippen LogP contribution is -2.25. The number of carbonyl (C=O) groups excluding carboxylic acids is 1. The van der Waals surface area contributed by atoms with Crippen LogP contribution in [-0.2, 0) is 22.4 Å². The normalized spacial score (nSPS) is 10.4. The van der Waals surface area contributed by atoms with Crippen molar-refractivity contribution in [2.75, 3.05) is 13.2 Å². The molecule has 0 fully saturated rings. The fraction of sp³-hybridized carbons (Fsp3) is 0.333. The molecule has 0 aromatic heterocycles. The molecule has 0 radical (unpaired) electrons. The third kappa shape index (κ3) is 8.60. The van der Waals surface area contributed by atoms with Gasteiger partial charge in [0, 0.05) is 24.4 Å². The molecule has 0 heterocycles. The van der Waals surface area contributed by atoms with Crippen LogP contribution in [0.15, 0.2) is 48.5 Å². The van der Waals surface area contributed by atoms with Crippen LogP contribution < -0.4 is 10.1 Å². The first-order valence-electron chi connectivity index (χ1n) is 8.97. The van der Waals surface area contributed by atoms with E-state index in [0.717, 1.165) is 17.5 Å². The van der Waals surface area contributed by atoms with Crippen LogP contribution in [-0.4, -0.2) is 30.1 Å². The lowest BCUT2D eigenvalue weighted by atomic mass is 10.1. The van der Waals surface area contributed by atoms with Crippen molar-refractivity contribution in [1.82, 2.24) is 5.32 Å².